The highest BCUT2D eigenvalue weighted by Gasteiger charge is 2.61. The van der Waals surface area contributed by atoms with Crippen LogP contribution in [0, 0.1) is 0 Å². The fraction of sp³-hybridized carbons (Fsp3) is 1.00. The molecule has 1 aliphatic rings. The van der Waals surface area contributed by atoms with E-state index in [0.29, 0.717) is 0 Å². The summed E-state index contributed by atoms with van der Waals surface area (Å²) in [5.74, 6) is 0. The Morgan fingerprint density at radius 3 is 2.00 bits per heavy atom. The maximum atomic E-state index is 11.3. The van der Waals surface area contributed by atoms with Crippen molar-refractivity contribution in [2.45, 2.75) is 41.6 Å². The minimum atomic E-state index is -5.49. The lowest BCUT2D eigenvalue weighted by atomic mass is 9.90. The van der Waals surface area contributed by atoms with Crippen molar-refractivity contribution in [3.8, 4) is 0 Å². The van der Waals surface area contributed by atoms with Crippen LogP contribution < -0.4 is 0 Å². The van der Waals surface area contributed by atoms with Gasteiger partial charge in [0, 0.05) is 0 Å². The molecule has 0 bridgehead atoms. The molecular weight excluding hydrogens is 316 g/mol. The zero-order valence-corrected chi connectivity index (χ0v) is 11.4. The summed E-state index contributed by atoms with van der Waals surface area (Å²) in [5, 5.41) is 66.0. The zero-order valence-electron chi connectivity index (χ0n) is 10.6. The lowest BCUT2D eigenvalue weighted by Crippen LogP contribution is -2.70. The SMILES string of the molecule is O=S(=O)(O)C(O)(C(O)CO)C1O[C@H](CO)[C@H](O)[C@H](O)[C@H]1O. The van der Waals surface area contributed by atoms with Gasteiger partial charge in [-0.15, -0.1) is 0 Å². The second-order valence-electron chi connectivity index (χ2n) is 4.67. The molecule has 11 nitrogen and oxygen atoms in total. The van der Waals surface area contributed by atoms with Crippen LogP contribution in [0.4, 0.5) is 0 Å². The first-order valence-corrected chi connectivity index (χ1v) is 7.25. The van der Waals surface area contributed by atoms with Crippen molar-refractivity contribution in [1.29, 1.82) is 0 Å². The number of aliphatic hydroxyl groups is 7. The molecule has 1 heterocycles. The number of hydrogen-bond acceptors (Lipinski definition) is 10. The predicted molar refractivity (Wildman–Crippen MR) is 63.4 cm³/mol. The molecule has 0 radical (unpaired) electrons. The topological polar surface area (TPSA) is 205 Å². The largest absolute Gasteiger partial charge is 0.394 e. The van der Waals surface area contributed by atoms with Crippen LogP contribution >= 0.6 is 0 Å². The number of hydrogen-bond donors (Lipinski definition) is 8. The Morgan fingerprint density at radius 1 is 1.10 bits per heavy atom. The lowest BCUT2D eigenvalue weighted by Gasteiger charge is -2.46. The Balaban J connectivity index is 3.31. The minimum Gasteiger partial charge on any atom is -0.394 e. The minimum absolute atomic E-state index is 0.918. The third kappa shape index (κ3) is 3.05. The van der Waals surface area contributed by atoms with Gasteiger partial charge >= 0.3 is 10.1 Å². The fourth-order valence-corrected chi connectivity index (χ4v) is 2.99. The van der Waals surface area contributed by atoms with Crippen LogP contribution in [0.2, 0.25) is 0 Å². The van der Waals surface area contributed by atoms with Gasteiger partial charge in [0.2, 0.25) is 4.93 Å². The third-order valence-corrected chi connectivity index (χ3v) is 4.69. The standard InChI is InChI=1S/C9H18O11S/c10-1-3-5(13)6(14)7(15)8(20-3)9(16,4(12)2-11)21(17,18)19/h3-8,10-16H,1-2H2,(H,17,18,19)/t3-,4?,5+,6+,7-,8?,9?/m1/s1. The molecule has 21 heavy (non-hydrogen) atoms. The Bertz CT molecular complexity index is 451. The van der Waals surface area contributed by atoms with Gasteiger partial charge in [-0.25, -0.2) is 0 Å². The highest BCUT2D eigenvalue weighted by Crippen LogP contribution is 2.33. The molecule has 1 aliphatic heterocycles. The molecule has 3 unspecified atom stereocenters. The summed E-state index contributed by atoms with van der Waals surface area (Å²) in [6.07, 6.45) is -12.5. The lowest BCUT2D eigenvalue weighted by molar-refractivity contribution is -0.268. The zero-order chi connectivity index (χ0) is 16.6. The molecule has 1 saturated heterocycles. The van der Waals surface area contributed by atoms with Gasteiger partial charge < -0.3 is 40.5 Å². The first-order valence-electron chi connectivity index (χ1n) is 5.81. The summed E-state index contributed by atoms with van der Waals surface area (Å²) in [4.78, 5) is -3.59. The summed E-state index contributed by atoms with van der Waals surface area (Å²) in [6.45, 7) is -2.25. The van der Waals surface area contributed by atoms with E-state index in [1.54, 1.807) is 0 Å². The average Bonchev–Trinajstić information content (AvgIpc) is 2.42. The van der Waals surface area contributed by atoms with Crippen molar-refractivity contribution in [3.63, 3.8) is 0 Å². The van der Waals surface area contributed by atoms with Gasteiger partial charge in [-0.05, 0) is 0 Å². The number of aliphatic hydroxyl groups excluding tert-OH is 6. The number of rotatable bonds is 5. The van der Waals surface area contributed by atoms with E-state index in [1.807, 2.05) is 0 Å². The van der Waals surface area contributed by atoms with Crippen LogP contribution in [0.1, 0.15) is 0 Å². The van der Waals surface area contributed by atoms with Crippen LogP contribution in [-0.2, 0) is 14.9 Å². The molecule has 1 fully saturated rings. The Kier molecular flexibility index (Phi) is 5.66. The first-order chi connectivity index (χ1) is 9.52. The Hall–Kier alpha value is -0.410. The molecule has 0 aromatic rings. The molecule has 126 valence electrons. The maximum Gasteiger partial charge on any atom is 0.300 e. The number of ether oxygens (including phenoxy) is 1. The van der Waals surface area contributed by atoms with E-state index >= 15 is 0 Å². The molecule has 0 aliphatic carbocycles. The molecule has 1 rings (SSSR count). The van der Waals surface area contributed by atoms with E-state index < -0.39 is 64.9 Å². The second kappa shape index (κ2) is 6.37. The van der Waals surface area contributed by atoms with Gasteiger partial charge in [-0.2, -0.15) is 8.42 Å². The average molecular weight is 334 g/mol. The van der Waals surface area contributed by atoms with Crippen molar-refractivity contribution in [3.05, 3.63) is 0 Å². The molecule has 0 aromatic heterocycles. The van der Waals surface area contributed by atoms with E-state index in [4.69, 9.17) is 19.5 Å². The molecule has 8 N–H and O–H groups in total. The summed E-state index contributed by atoms with van der Waals surface area (Å²) >= 11 is 0. The Morgan fingerprint density at radius 2 is 1.62 bits per heavy atom. The van der Waals surface area contributed by atoms with Crippen LogP contribution in [0.3, 0.4) is 0 Å². The normalized spacial score (nSPS) is 38.8. The highest BCUT2D eigenvalue weighted by atomic mass is 32.2. The van der Waals surface area contributed by atoms with E-state index in [2.05, 4.69) is 0 Å². The van der Waals surface area contributed by atoms with E-state index in [-0.39, 0.29) is 0 Å². The molecule has 12 heteroatoms. The van der Waals surface area contributed by atoms with Crippen LogP contribution in [0.25, 0.3) is 0 Å². The van der Waals surface area contributed by atoms with E-state index in [0.717, 1.165) is 0 Å². The van der Waals surface area contributed by atoms with Crippen LogP contribution in [0.15, 0.2) is 0 Å². The first kappa shape index (κ1) is 18.6. The van der Waals surface area contributed by atoms with E-state index in [1.165, 1.54) is 0 Å². The van der Waals surface area contributed by atoms with Gasteiger partial charge in [0.1, 0.15) is 36.6 Å². The predicted octanol–water partition coefficient (Wildman–Crippen LogP) is -5.24. The van der Waals surface area contributed by atoms with Crippen molar-refractivity contribution in [2.24, 2.45) is 0 Å². The van der Waals surface area contributed by atoms with Gasteiger partial charge in [-0.1, -0.05) is 0 Å². The van der Waals surface area contributed by atoms with Crippen LogP contribution in [-0.4, -0.2) is 103 Å². The van der Waals surface area contributed by atoms with Gasteiger partial charge in [0.15, 0.2) is 0 Å². The highest BCUT2D eigenvalue weighted by molar-refractivity contribution is 7.87. The summed E-state index contributed by atoms with van der Waals surface area (Å²) in [5.41, 5.74) is 0. The molecule has 0 aromatic carbocycles. The van der Waals surface area contributed by atoms with Crippen molar-refractivity contribution in [2.75, 3.05) is 13.2 Å². The monoisotopic (exact) mass is 334 g/mol. The Labute approximate surface area is 119 Å². The summed E-state index contributed by atoms with van der Waals surface area (Å²) < 4.78 is 36.5. The van der Waals surface area contributed by atoms with E-state index in [9.17, 15) is 34.0 Å². The van der Waals surface area contributed by atoms with Crippen molar-refractivity contribution in [1.82, 2.24) is 0 Å². The second-order valence-corrected chi connectivity index (χ2v) is 6.28. The summed E-state index contributed by atoms with van der Waals surface area (Å²) in [6, 6.07) is 0. The van der Waals surface area contributed by atoms with Crippen molar-refractivity contribution < 1.29 is 53.5 Å². The molecule has 0 saturated carbocycles. The fourth-order valence-electron chi connectivity index (χ4n) is 2.08. The quantitative estimate of drug-likeness (QED) is 0.223. The third-order valence-electron chi connectivity index (χ3n) is 3.36. The smallest absolute Gasteiger partial charge is 0.300 e. The van der Waals surface area contributed by atoms with Gasteiger partial charge in [-0.3, -0.25) is 4.55 Å². The summed E-state index contributed by atoms with van der Waals surface area (Å²) in [7, 11) is -5.49. The van der Waals surface area contributed by atoms with Gasteiger partial charge in [0.25, 0.3) is 0 Å². The molecule has 0 spiro atoms. The maximum absolute atomic E-state index is 11.3. The van der Waals surface area contributed by atoms with Crippen LogP contribution in [0.5, 0.6) is 0 Å². The van der Waals surface area contributed by atoms with Gasteiger partial charge in [0.05, 0.1) is 13.2 Å². The molecule has 7 atom stereocenters. The molecule has 0 amide bonds. The molecular formula is C9H18O11S. The van der Waals surface area contributed by atoms with Crippen molar-refractivity contribution >= 4 is 10.1 Å².